The van der Waals surface area contributed by atoms with Crippen molar-refractivity contribution in [2.24, 2.45) is 23.2 Å². The van der Waals surface area contributed by atoms with E-state index in [1.54, 1.807) is 0 Å². The van der Waals surface area contributed by atoms with E-state index < -0.39 is 5.60 Å². The van der Waals surface area contributed by atoms with Gasteiger partial charge in [-0.3, -0.25) is 4.79 Å². The molecule has 102 valence electrons. The Morgan fingerprint density at radius 2 is 2.00 bits per heavy atom. The van der Waals surface area contributed by atoms with Gasteiger partial charge in [0.15, 0.2) is 0 Å². The van der Waals surface area contributed by atoms with Crippen LogP contribution in [0.3, 0.4) is 0 Å². The molecule has 3 fully saturated rings. The maximum absolute atomic E-state index is 11.8. The molecule has 1 heterocycles. The zero-order chi connectivity index (χ0) is 13.1. The molecule has 1 saturated heterocycles. The van der Waals surface area contributed by atoms with Crippen molar-refractivity contribution < 1.29 is 14.6 Å². The Labute approximate surface area is 109 Å². The lowest BCUT2D eigenvalue weighted by molar-refractivity contribution is -0.181. The molecule has 3 heteroatoms. The lowest BCUT2D eigenvalue weighted by Gasteiger charge is -2.55. The van der Waals surface area contributed by atoms with E-state index in [0.717, 1.165) is 32.1 Å². The predicted octanol–water partition coefficient (Wildman–Crippen LogP) is 2.52. The molecule has 6 atom stereocenters. The van der Waals surface area contributed by atoms with Gasteiger partial charge in [-0.25, -0.2) is 0 Å². The van der Waals surface area contributed by atoms with Gasteiger partial charge in [-0.05, 0) is 38.0 Å². The van der Waals surface area contributed by atoms with E-state index in [-0.39, 0.29) is 29.3 Å². The summed E-state index contributed by atoms with van der Waals surface area (Å²) in [6.45, 7) is 6.19. The van der Waals surface area contributed by atoms with E-state index >= 15 is 0 Å². The van der Waals surface area contributed by atoms with E-state index in [2.05, 4.69) is 6.92 Å². The van der Waals surface area contributed by atoms with Crippen molar-refractivity contribution in [3.63, 3.8) is 0 Å². The van der Waals surface area contributed by atoms with Crippen molar-refractivity contribution in [3.05, 3.63) is 0 Å². The summed E-state index contributed by atoms with van der Waals surface area (Å²) >= 11 is 0. The molecule has 2 aliphatic carbocycles. The Hall–Kier alpha value is -0.570. The largest absolute Gasteiger partial charge is 0.461 e. The van der Waals surface area contributed by atoms with E-state index in [9.17, 15) is 9.90 Å². The summed E-state index contributed by atoms with van der Waals surface area (Å²) in [6, 6.07) is 0. The quantitative estimate of drug-likeness (QED) is 0.674. The second-order valence-corrected chi connectivity index (χ2v) is 7.24. The van der Waals surface area contributed by atoms with Gasteiger partial charge in [-0.1, -0.05) is 20.3 Å². The van der Waals surface area contributed by atoms with Crippen molar-refractivity contribution in [3.8, 4) is 0 Å². The molecular formula is C15H24O3. The molecule has 0 radical (unpaired) electrons. The minimum Gasteiger partial charge on any atom is -0.461 e. The minimum atomic E-state index is -0.680. The fourth-order valence-corrected chi connectivity index (χ4v) is 4.96. The molecule has 0 aromatic heterocycles. The number of hydrogen-bond acceptors (Lipinski definition) is 3. The summed E-state index contributed by atoms with van der Waals surface area (Å²) in [5, 5.41) is 10.8. The van der Waals surface area contributed by atoms with Crippen molar-refractivity contribution in [1.82, 2.24) is 0 Å². The van der Waals surface area contributed by atoms with Gasteiger partial charge >= 0.3 is 5.97 Å². The number of hydrogen-bond donors (Lipinski definition) is 1. The average molecular weight is 252 g/mol. The van der Waals surface area contributed by atoms with Crippen molar-refractivity contribution in [1.29, 1.82) is 0 Å². The first-order valence-corrected chi connectivity index (χ1v) is 7.28. The van der Waals surface area contributed by atoms with Crippen molar-refractivity contribution >= 4 is 5.97 Å². The highest BCUT2D eigenvalue weighted by molar-refractivity contribution is 5.75. The van der Waals surface area contributed by atoms with Crippen LogP contribution in [0.5, 0.6) is 0 Å². The Balaban J connectivity index is 1.98. The van der Waals surface area contributed by atoms with Gasteiger partial charge in [0.1, 0.15) is 6.10 Å². The highest BCUT2D eigenvalue weighted by atomic mass is 16.6. The van der Waals surface area contributed by atoms with Crippen LogP contribution in [-0.4, -0.2) is 22.8 Å². The van der Waals surface area contributed by atoms with Crippen LogP contribution in [0.2, 0.25) is 0 Å². The fourth-order valence-electron chi connectivity index (χ4n) is 4.96. The molecule has 1 N–H and O–H groups in total. The van der Waals surface area contributed by atoms with Crippen LogP contribution < -0.4 is 0 Å². The maximum atomic E-state index is 11.8. The summed E-state index contributed by atoms with van der Waals surface area (Å²) in [5.74, 6) is 0.388. The number of ether oxygens (including phenoxy) is 1. The van der Waals surface area contributed by atoms with Gasteiger partial charge in [0.2, 0.25) is 0 Å². The van der Waals surface area contributed by atoms with Crippen LogP contribution in [0, 0.1) is 23.2 Å². The van der Waals surface area contributed by atoms with Crippen LogP contribution in [0.25, 0.3) is 0 Å². The van der Waals surface area contributed by atoms with Gasteiger partial charge in [-0.15, -0.1) is 0 Å². The Morgan fingerprint density at radius 3 is 2.72 bits per heavy atom. The van der Waals surface area contributed by atoms with Gasteiger partial charge < -0.3 is 9.84 Å². The summed E-state index contributed by atoms with van der Waals surface area (Å²) in [6.07, 6.45) is 5.21. The number of fused-ring (bicyclic) bond motifs is 3. The Morgan fingerprint density at radius 1 is 1.28 bits per heavy atom. The van der Waals surface area contributed by atoms with Gasteiger partial charge in [0, 0.05) is 11.8 Å². The summed E-state index contributed by atoms with van der Waals surface area (Å²) in [5.41, 5.74) is -0.534. The molecule has 0 spiro atoms. The van der Waals surface area contributed by atoms with Crippen molar-refractivity contribution in [2.75, 3.05) is 0 Å². The van der Waals surface area contributed by atoms with E-state index in [1.807, 2.05) is 13.8 Å². The molecular weight excluding hydrogens is 228 g/mol. The van der Waals surface area contributed by atoms with Crippen LogP contribution in [0.1, 0.15) is 52.9 Å². The van der Waals surface area contributed by atoms with Gasteiger partial charge in [0.05, 0.1) is 11.5 Å². The molecule has 18 heavy (non-hydrogen) atoms. The van der Waals surface area contributed by atoms with E-state index in [1.165, 1.54) is 0 Å². The molecule has 0 bridgehead atoms. The van der Waals surface area contributed by atoms with Crippen LogP contribution >= 0.6 is 0 Å². The third-order valence-electron chi connectivity index (χ3n) is 5.92. The average Bonchev–Trinajstić information content (AvgIpc) is 2.52. The molecule has 2 saturated carbocycles. The monoisotopic (exact) mass is 252 g/mol. The predicted molar refractivity (Wildman–Crippen MR) is 67.8 cm³/mol. The normalized spacial score (nSPS) is 55.7. The van der Waals surface area contributed by atoms with Crippen LogP contribution in [0.15, 0.2) is 0 Å². The second-order valence-electron chi connectivity index (χ2n) is 7.24. The third-order valence-corrected chi connectivity index (χ3v) is 5.92. The lowest BCUT2D eigenvalue weighted by atomic mass is 9.52. The molecule has 1 aliphatic heterocycles. The molecule has 3 aliphatic rings. The standard InChI is InChI=1S/C15H24O3/c1-9-10-5-8-14(2)6-4-7-15(3,17)12(14)11(10)18-13(9)16/h9-12,17H,4-8H2,1-3H3/t9-,10+,11+,12-,14-,15-/m1/s1. The number of rotatable bonds is 0. The molecule has 3 rings (SSSR count). The zero-order valence-electron chi connectivity index (χ0n) is 11.6. The summed E-state index contributed by atoms with van der Waals surface area (Å²) in [7, 11) is 0. The highest BCUT2D eigenvalue weighted by Gasteiger charge is 2.60. The van der Waals surface area contributed by atoms with Gasteiger partial charge in [0.25, 0.3) is 0 Å². The second kappa shape index (κ2) is 3.72. The Kier molecular flexibility index (Phi) is 2.58. The molecule has 0 aromatic carbocycles. The molecule has 0 amide bonds. The maximum Gasteiger partial charge on any atom is 0.309 e. The highest BCUT2D eigenvalue weighted by Crippen LogP contribution is 2.58. The van der Waals surface area contributed by atoms with E-state index in [4.69, 9.17) is 4.74 Å². The minimum absolute atomic E-state index is 0.0114. The number of carbonyl (C=O) groups is 1. The first kappa shape index (κ1) is 12.5. The van der Waals surface area contributed by atoms with Crippen LogP contribution in [0.4, 0.5) is 0 Å². The third kappa shape index (κ3) is 1.56. The fraction of sp³-hybridized carbons (Fsp3) is 0.933. The smallest absolute Gasteiger partial charge is 0.309 e. The number of aliphatic hydroxyl groups is 1. The Bertz CT molecular complexity index is 376. The first-order chi connectivity index (χ1) is 8.35. The first-order valence-electron chi connectivity index (χ1n) is 7.28. The summed E-state index contributed by atoms with van der Waals surface area (Å²) in [4.78, 5) is 11.8. The SMILES string of the molecule is C[C@H]1C(=O)O[C@H]2[C@H]1CC[C@@]1(C)CCC[C@@](C)(O)[C@H]21. The topological polar surface area (TPSA) is 46.5 Å². The van der Waals surface area contributed by atoms with Gasteiger partial charge in [-0.2, -0.15) is 0 Å². The number of esters is 1. The molecule has 0 aromatic rings. The van der Waals surface area contributed by atoms with E-state index in [0.29, 0.717) is 5.92 Å². The number of carbonyl (C=O) groups excluding carboxylic acids is 1. The molecule has 3 nitrogen and oxygen atoms in total. The zero-order valence-corrected chi connectivity index (χ0v) is 11.6. The summed E-state index contributed by atoms with van der Waals surface area (Å²) < 4.78 is 5.65. The lowest BCUT2D eigenvalue weighted by Crippen LogP contribution is -2.57. The molecule has 0 unspecified atom stereocenters. The van der Waals surface area contributed by atoms with Crippen LogP contribution in [-0.2, 0) is 9.53 Å². The van der Waals surface area contributed by atoms with Crippen molar-refractivity contribution in [2.45, 2.75) is 64.6 Å².